The molecular formula is C34H27Cl2FN4O4. The van der Waals surface area contributed by atoms with Gasteiger partial charge in [-0.15, -0.1) is 0 Å². The third-order valence-electron chi connectivity index (χ3n) is 8.03. The molecule has 4 aromatic carbocycles. The number of piperidine rings is 1. The lowest BCUT2D eigenvalue weighted by Gasteiger charge is -2.32. The van der Waals surface area contributed by atoms with Crippen LogP contribution in [0.2, 0.25) is 10.0 Å². The fraction of sp³-hybridized carbons (Fsp3) is 0.176. The molecular weight excluding hydrogens is 618 g/mol. The van der Waals surface area contributed by atoms with Gasteiger partial charge in [0.2, 0.25) is 0 Å². The smallest absolute Gasteiger partial charge is 0.337 e. The van der Waals surface area contributed by atoms with E-state index in [1.54, 1.807) is 53.4 Å². The number of aromatic amines is 1. The minimum atomic E-state index is -1.27. The summed E-state index contributed by atoms with van der Waals surface area (Å²) >= 11 is 12.2. The van der Waals surface area contributed by atoms with Crippen LogP contribution in [0.25, 0.3) is 22.4 Å². The van der Waals surface area contributed by atoms with Crippen molar-refractivity contribution in [3.8, 4) is 11.4 Å². The maximum Gasteiger partial charge on any atom is 0.337 e. The van der Waals surface area contributed by atoms with E-state index in [2.05, 4.69) is 15.3 Å². The summed E-state index contributed by atoms with van der Waals surface area (Å²) in [5.41, 5.74) is 3.59. The second-order valence-corrected chi connectivity index (χ2v) is 11.8. The maximum atomic E-state index is 13.3. The molecule has 1 aromatic heterocycles. The van der Waals surface area contributed by atoms with E-state index in [0.717, 1.165) is 35.9 Å². The summed E-state index contributed by atoms with van der Waals surface area (Å²) < 4.78 is 13.2. The molecule has 0 unspecified atom stereocenters. The number of halogens is 3. The monoisotopic (exact) mass is 644 g/mol. The van der Waals surface area contributed by atoms with Crippen molar-refractivity contribution in [3.63, 3.8) is 0 Å². The molecule has 2 heterocycles. The molecule has 0 saturated carbocycles. The van der Waals surface area contributed by atoms with Crippen molar-refractivity contribution in [2.75, 3.05) is 18.4 Å². The molecule has 8 nitrogen and oxygen atoms in total. The number of hydrogen-bond donors (Lipinski definition) is 3. The molecule has 0 aliphatic carbocycles. The van der Waals surface area contributed by atoms with E-state index in [1.165, 1.54) is 30.3 Å². The first-order valence-corrected chi connectivity index (χ1v) is 15.1. The predicted molar refractivity (Wildman–Crippen MR) is 172 cm³/mol. The van der Waals surface area contributed by atoms with Crippen molar-refractivity contribution < 1.29 is 23.9 Å². The maximum absolute atomic E-state index is 13.3. The van der Waals surface area contributed by atoms with E-state index in [4.69, 9.17) is 23.2 Å². The number of H-pyrrole nitrogens is 1. The number of aromatic nitrogens is 2. The van der Waals surface area contributed by atoms with Gasteiger partial charge in [-0.2, -0.15) is 0 Å². The Morgan fingerprint density at radius 2 is 1.58 bits per heavy atom. The number of amides is 2. The molecule has 6 rings (SSSR count). The SMILES string of the molecule is O=C(Nc1ccc(C(=O)N2CCC(Cc3ccc(F)cc3)CC2)cc1C(=O)O)c1ccc(-c2nc3cc(Cl)c(Cl)cc3[nH]2)cc1. The molecule has 1 aliphatic heterocycles. The molecule has 0 bridgehead atoms. The molecule has 11 heteroatoms. The molecule has 0 atom stereocenters. The van der Waals surface area contributed by atoms with Crippen LogP contribution >= 0.6 is 23.2 Å². The summed E-state index contributed by atoms with van der Waals surface area (Å²) in [6.07, 6.45) is 2.40. The number of aromatic carboxylic acids is 1. The number of carbonyl (C=O) groups is 3. The van der Waals surface area contributed by atoms with Crippen molar-refractivity contribution >= 4 is 57.7 Å². The van der Waals surface area contributed by atoms with Gasteiger partial charge in [-0.3, -0.25) is 9.59 Å². The Balaban J connectivity index is 1.11. The Hall–Kier alpha value is -4.73. The van der Waals surface area contributed by atoms with Crippen molar-refractivity contribution in [1.29, 1.82) is 0 Å². The van der Waals surface area contributed by atoms with Crippen LogP contribution in [0.5, 0.6) is 0 Å². The molecule has 1 aliphatic rings. The number of benzene rings is 4. The number of carbonyl (C=O) groups excluding carboxylic acids is 2. The summed E-state index contributed by atoms with van der Waals surface area (Å²) in [4.78, 5) is 47.8. The van der Waals surface area contributed by atoms with Gasteiger partial charge in [-0.1, -0.05) is 47.5 Å². The molecule has 45 heavy (non-hydrogen) atoms. The van der Waals surface area contributed by atoms with Gasteiger partial charge in [0.15, 0.2) is 0 Å². The topological polar surface area (TPSA) is 115 Å². The highest BCUT2D eigenvalue weighted by molar-refractivity contribution is 6.42. The quantitative estimate of drug-likeness (QED) is 0.168. The van der Waals surface area contributed by atoms with Crippen LogP contribution in [-0.2, 0) is 6.42 Å². The third kappa shape index (κ3) is 6.69. The molecule has 5 aromatic rings. The zero-order chi connectivity index (χ0) is 31.7. The lowest BCUT2D eigenvalue weighted by atomic mass is 9.90. The molecule has 228 valence electrons. The van der Waals surface area contributed by atoms with Gasteiger partial charge in [-0.25, -0.2) is 14.2 Å². The molecule has 1 fully saturated rings. The van der Waals surface area contributed by atoms with Crippen molar-refractivity contribution in [3.05, 3.63) is 117 Å². The van der Waals surface area contributed by atoms with E-state index in [0.29, 0.717) is 46.0 Å². The minimum Gasteiger partial charge on any atom is -0.478 e. The number of carboxylic acid groups (broad SMARTS) is 1. The number of hydrogen-bond acceptors (Lipinski definition) is 4. The van der Waals surface area contributed by atoms with Crippen molar-refractivity contribution in [2.45, 2.75) is 19.3 Å². The summed E-state index contributed by atoms with van der Waals surface area (Å²) in [6.45, 7) is 1.08. The van der Waals surface area contributed by atoms with Gasteiger partial charge in [0.25, 0.3) is 11.8 Å². The van der Waals surface area contributed by atoms with E-state index in [-0.39, 0.29) is 28.5 Å². The van der Waals surface area contributed by atoms with Crippen LogP contribution in [0.3, 0.4) is 0 Å². The van der Waals surface area contributed by atoms with E-state index < -0.39 is 11.9 Å². The first-order valence-electron chi connectivity index (χ1n) is 14.3. The zero-order valence-electron chi connectivity index (χ0n) is 23.8. The number of nitrogens with zero attached hydrogens (tertiary/aromatic N) is 2. The summed E-state index contributed by atoms with van der Waals surface area (Å²) in [5, 5.41) is 13.3. The van der Waals surface area contributed by atoms with Crippen LogP contribution in [0, 0.1) is 11.7 Å². The zero-order valence-corrected chi connectivity index (χ0v) is 25.3. The summed E-state index contributed by atoms with van der Waals surface area (Å²) in [7, 11) is 0. The Morgan fingerprint density at radius 1 is 0.911 bits per heavy atom. The van der Waals surface area contributed by atoms with Gasteiger partial charge in [0.1, 0.15) is 11.6 Å². The fourth-order valence-corrected chi connectivity index (χ4v) is 5.88. The van der Waals surface area contributed by atoms with Gasteiger partial charge in [0, 0.05) is 29.8 Å². The average Bonchev–Trinajstić information content (AvgIpc) is 3.45. The summed E-state index contributed by atoms with van der Waals surface area (Å²) in [5.74, 6) is -1.36. The Bertz CT molecular complexity index is 1880. The second kappa shape index (κ2) is 12.7. The molecule has 0 radical (unpaired) electrons. The number of imidazole rings is 1. The fourth-order valence-electron chi connectivity index (χ4n) is 5.56. The van der Waals surface area contributed by atoms with Gasteiger partial charge in [-0.05, 0) is 85.3 Å². The van der Waals surface area contributed by atoms with Crippen LogP contribution in [0.1, 0.15) is 49.5 Å². The number of carboxylic acids is 1. The van der Waals surface area contributed by atoms with Crippen molar-refractivity contribution in [2.24, 2.45) is 5.92 Å². The van der Waals surface area contributed by atoms with E-state index >= 15 is 0 Å². The van der Waals surface area contributed by atoms with E-state index in [9.17, 15) is 23.9 Å². The largest absolute Gasteiger partial charge is 0.478 e. The Labute approximate surface area is 267 Å². The number of nitrogens with one attached hydrogen (secondary N) is 2. The number of likely N-dealkylation sites (tertiary alicyclic amines) is 1. The van der Waals surface area contributed by atoms with Gasteiger partial charge in [0.05, 0.1) is 32.3 Å². The van der Waals surface area contributed by atoms with Crippen LogP contribution in [0.4, 0.5) is 10.1 Å². The number of fused-ring (bicyclic) bond motifs is 1. The highest BCUT2D eigenvalue weighted by Gasteiger charge is 2.25. The Kier molecular flexibility index (Phi) is 8.56. The predicted octanol–water partition coefficient (Wildman–Crippen LogP) is 7.72. The van der Waals surface area contributed by atoms with E-state index in [1.807, 2.05) is 0 Å². The lowest BCUT2D eigenvalue weighted by molar-refractivity contribution is 0.0690. The lowest BCUT2D eigenvalue weighted by Crippen LogP contribution is -2.39. The molecule has 1 saturated heterocycles. The third-order valence-corrected chi connectivity index (χ3v) is 8.75. The Morgan fingerprint density at radius 3 is 2.27 bits per heavy atom. The van der Waals surface area contributed by atoms with Crippen LogP contribution in [-0.4, -0.2) is 50.8 Å². The normalized spacial score (nSPS) is 13.6. The number of anilines is 1. The van der Waals surface area contributed by atoms with Crippen LogP contribution in [0.15, 0.2) is 78.9 Å². The minimum absolute atomic E-state index is 0.0807. The molecule has 0 spiro atoms. The highest BCUT2D eigenvalue weighted by Crippen LogP contribution is 2.29. The van der Waals surface area contributed by atoms with Gasteiger partial charge >= 0.3 is 5.97 Å². The summed E-state index contributed by atoms with van der Waals surface area (Å²) in [6, 6.07) is 20.8. The standard InChI is InChI=1S/C34H27Cl2FN4O4/c35-26-17-29-30(18-27(26)36)39-31(38-29)21-3-5-22(6-4-21)32(42)40-28-10-7-23(16-25(28)34(44)45)33(43)41-13-11-20(12-14-41)15-19-1-8-24(37)9-2-19/h1-10,16-18,20H,11-15H2,(H,38,39)(H,40,42)(H,44,45). The average molecular weight is 646 g/mol. The highest BCUT2D eigenvalue weighted by atomic mass is 35.5. The molecule has 3 N–H and O–H groups in total. The number of rotatable bonds is 7. The van der Waals surface area contributed by atoms with Crippen LogP contribution < -0.4 is 5.32 Å². The second-order valence-electron chi connectivity index (χ2n) is 11.0. The van der Waals surface area contributed by atoms with Crippen molar-refractivity contribution in [1.82, 2.24) is 14.9 Å². The molecule has 2 amide bonds. The van der Waals surface area contributed by atoms with Gasteiger partial charge < -0.3 is 20.3 Å². The first kappa shape index (κ1) is 30.3. The first-order chi connectivity index (χ1) is 21.6.